The van der Waals surface area contributed by atoms with Crippen LogP contribution in [-0.4, -0.2) is 29.9 Å². The van der Waals surface area contributed by atoms with Crippen LogP contribution in [0.4, 0.5) is 0 Å². The molecule has 2 N–H and O–H groups in total. The van der Waals surface area contributed by atoms with E-state index in [1.807, 2.05) is 31.2 Å². The maximum Gasteiger partial charge on any atom is 0.230 e. The number of thioether (sulfide) groups is 1. The first-order valence-corrected chi connectivity index (χ1v) is 8.79. The van der Waals surface area contributed by atoms with Gasteiger partial charge in [0.25, 0.3) is 0 Å². The van der Waals surface area contributed by atoms with Crippen LogP contribution < -0.4 is 10.5 Å². The Kier molecular flexibility index (Phi) is 3.12. The number of amidine groups is 1. The fraction of sp³-hybridized carbons (Fsp3) is 0.471. The molecule has 1 saturated carbocycles. The van der Waals surface area contributed by atoms with E-state index >= 15 is 0 Å². The maximum absolute atomic E-state index is 10.0. The van der Waals surface area contributed by atoms with Gasteiger partial charge in [0, 0.05) is 11.7 Å². The number of nitrogens with two attached hydrogens (primary N) is 1. The van der Waals surface area contributed by atoms with Crippen molar-refractivity contribution >= 4 is 17.6 Å². The third kappa shape index (κ3) is 1.47. The molecule has 0 amide bonds. The van der Waals surface area contributed by atoms with Crippen LogP contribution in [0.3, 0.4) is 0 Å². The summed E-state index contributed by atoms with van der Waals surface area (Å²) in [5, 5.41) is 18.9. The fourth-order valence-electron chi connectivity index (χ4n) is 4.14. The number of nitrogens with zero attached hydrogens (tertiary/aromatic N) is 3. The minimum absolute atomic E-state index is 0.208. The summed E-state index contributed by atoms with van der Waals surface area (Å²) >= 11 is 1.46. The predicted octanol–water partition coefficient (Wildman–Crippen LogP) is 1.99. The van der Waals surface area contributed by atoms with Gasteiger partial charge in [0.05, 0.1) is 25.4 Å². The van der Waals surface area contributed by atoms with Crippen molar-refractivity contribution in [1.82, 2.24) is 0 Å². The predicted molar refractivity (Wildman–Crippen MR) is 89.2 cm³/mol. The molecule has 4 rings (SSSR count). The van der Waals surface area contributed by atoms with Gasteiger partial charge in [-0.05, 0) is 24.6 Å². The van der Waals surface area contributed by atoms with Gasteiger partial charge >= 0.3 is 0 Å². The summed E-state index contributed by atoms with van der Waals surface area (Å²) in [4.78, 5) is 4.42. The normalized spacial score (nSPS) is 39.0. The zero-order chi connectivity index (χ0) is 17.0. The van der Waals surface area contributed by atoms with Gasteiger partial charge in [-0.1, -0.05) is 23.9 Å². The molecule has 0 aromatic heterocycles. The average molecular weight is 340 g/mol. The van der Waals surface area contributed by atoms with Gasteiger partial charge in [-0.15, -0.1) is 0 Å². The lowest BCUT2D eigenvalue weighted by Gasteiger charge is -2.26. The first kappa shape index (κ1) is 15.3. The molecule has 7 heteroatoms. The second kappa shape index (κ2) is 4.89. The number of benzene rings is 1. The van der Waals surface area contributed by atoms with Crippen LogP contribution in [0.25, 0.3) is 0 Å². The minimum atomic E-state index is -1.12. The zero-order valence-electron chi connectivity index (χ0n) is 13.2. The number of hydrogen-bond donors (Lipinski definition) is 1. The second-order valence-electron chi connectivity index (χ2n) is 6.05. The van der Waals surface area contributed by atoms with Crippen molar-refractivity contribution < 1.29 is 9.47 Å². The first-order valence-electron chi connectivity index (χ1n) is 7.81. The molecule has 1 aromatic carbocycles. The lowest BCUT2D eigenvalue weighted by molar-refractivity contribution is 0.0200. The molecule has 24 heavy (non-hydrogen) atoms. The van der Waals surface area contributed by atoms with Crippen LogP contribution in [0, 0.1) is 33.5 Å². The van der Waals surface area contributed by atoms with Crippen molar-refractivity contribution in [1.29, 1.82) is 10.5 Å². The Morgan fingerprint density at radius 3 is 2.67 bits per heavy atom. The molecule has 1 saturated heterocycles. The molecule has 0 bridgehead atoms. The number of fused-ring (bicyclic) bond motifs is 2. The van der Waals surface area contributed by atoms with Crippen LogP contribution in [0.5, 0.6) is 5.75 Å². The summed E-state index contributed by atoms with van der Waals surface area (Å²) in [6.07, 6.45) is 0. The van der Waals surface area contributed by atoms with Crippen LogP contribution in [-0.2, 0) is 4.74 Å². The van der Waals surface area contributed by atoms with Gasteiger partial charge in [-0.25, -0.2) is 4.99 Å². The molecule has 2 aliphatic heterocycles. The molecule has 2 fully saturated rings. The van der Waals surface area contributed by atoms with Gasteiger partial charge in [-0.3, -0.25) is 0 Å². The highest BCUT2D eigenvalue weighted by Crippen LogP contribution is 2.84. The Bertz CT molecular complexity index is 803. The molecular weight excluding hydrogens is 324 g/mol. The molecule has 1 spiro atoms. The molecule has 1 aromatic rings. The Balaban J connectivity index is 1.82. The molecule has 2 heterocycles. The smallest absolute Gasteiger partial charge is 0.230 e. The van der Waals surface area contributed by atoms with E-state index in [2.05, 4.69) is 17.1 Å². The summed E-state index contributed by atoms with van der Waals surface area (Å²) in [6, 6.07) is 12.2. The average Bonchev–Trinajstić information content (AvgIpc) is 2.84. The summed E-state index contributed by atoms with van der Waals surface area (Å²) in [5.74, 6) is 1.35. The van der Waals surface area contributed by atoms with Crippen molar-refractivity contribution in [2.45, 2.75) is 17.9 Å². The van der Waals surface area contributed by atoms with Crippen molar-refractivity contribution in [2.75, 3.05) is 19.0 Å². The number of hydrogen-bond acceptors (Lipinski definition) is 7. The van der Waals surface area contributed by atoms with Crippen molar-refractivity contribution in [3.63, 3.8) is 0 Å². The van der Waals surface area contributed by atoms with Gasteiger partial charge in [0.2, 0.25) is 5.06 Å². The summed E-state index contributed by atoms with van der Waals surface area (Å²) < 4.78 is 11.3. The molecule has 122 valence electrons. The van der Waals surface area contributed by atoms with Gasteiger partial charge < -0.3 is 15.2 Å². The van der Waals surface area contributed by atoms with Crippen molar-refractivity contribution in [3.8, 4) is 17.9 Å². The van der Waals surface area contributed by atoms with E-state index in [1.165, 1.54) is 11.8 Å². The standard InChI is InChI=1S/C17H16N4O2S/c1-2-22-12-5-3-11(4-6-12)13-15(9-18)14(20)21-17(16(13,15)10-19)23-7-8-24-17/h3-6,13H,2,7-8H2,1H3,(H2,20,21)/t13-,15-,16+,17+/m0/s1. The topological polar surface area (TPSA) is 104 Å². The van der Waals surface area contributed by atoms with Crippen molar-refractivity contribution in [2.24, 2.45) is 21.6 Å². The van der Waals surface area contributed by atoms with E-state index in [0.29, 0.717) is 13.2 Å². The number of aliphatic imine (C=N–C) groups is 1. The zero-order valence-corrected chi connectivity index (χ0v) is 14.0. The number of nitriles is 2. The Morgan fingerprint density at radius 1 is 1.38 bits per heavy atom. The Hall–Kier alpha value is -2.22. The minimum Gasteiger partial charge on any atom is -0.494 e. The van der Waals surface area contributed by atoms with Crippen LogP contribution in [0.2, 0.25) is 0 Å². The van der Waals surface area contributed by atoms with Gasteiger partial charge in [0.1, 0.15) is 17.0 Å². The molecule has 1 aliphatic carbocycles. The molecular formula is C17H16N4O2S. The van der Waals surface area contributed by atoms with Crippen LogP contribution in [0.15, 0.2) is 29.3 Å². The van der Waals surface area contributed by atoms with Gasteiger partial charge in [0.15, 0.2) is 5.41 Å². The first-order chi connectivity index (χ1) is 11.6. The molecule has 3 aliphatic rings. The lowest BCUT2D eigenvalue weighted by Crippen LogP contribution is -2.34. The quantitative estimate of drug-likeness (QED) is 0.902. The van der Waals surface area contributed by atoms with E-state index in [1.54, 1.807) is 0 Å². The summed E-state index contributed by atoms with van der Waals surface area (Å²) in [5.41, 5.74) is 4.83. The lowest BCUT2D eigenvalue weighted by atomic mass is 9.95. The second-order valence-corrected chi connectivity index (χ2v) is 7.30. The third-order valence-electron chi connectivity index (χ3n) is 5.13. The Labute approximate surface area is 144 Å². The van der Waals surface area contributed by atoms with Gasteiger partial charge in [-0.2, -0.15) is 10.5 Å². The number of rotatable bonds is 3. The molecule has 0 radical (unpaired) electrons. The van der Waals surface area contributed by atoms with Crippen LogP contribution >= 0.6 is 11.8 Å². The van der Waals surface area contributed by atoms with Crippen molar-refractivity contribution in [3.05, 3.63) is 29.8 Å². The van der Waals surface area contributed by atoms with E-state index in [9.17, 15) is 10.5 Å². The highest BCUT2D eigenvalue weighted by atomic mass is 32.2. The summed E-state index contributed by atoms with van der Waals surface area (Å²) in [7, 11) is 0. The molecule has 0 unspecified atom stereocenters. The van der Waals surface area contributed by atoms with E-state index in [4.69, 9.17) is 15.2 Å². The third-order valence-corrected chi connectivity index (χ3v) is 6.42. The molecule has 4 atom stereocenters. The van der Waals surface area contributed by atoms with Crippen LogP contribution in [0.1, 0.15) is 18.4 Å². The largest absolute Gasteiger partial charge is 0.494 e. The highest BCUT2D eigenvalue weighted by molar-refractivity contribution is 8.00. The fourth-order valence-corrected chi connectivity index (χ4v) is 5.47. The SMILES string of the molecule is CCOc1ccc([C@@H]2[C@@]3(C#N)[C@@]4(N=C(N)[C@]23C#N)OCCS4)cc1. The Morgan fingerprint density at radius 2 is 2.12 bits per heavy atom. The highest BCUT2D eigenvalue weighted by Gasteiger charge is 2.93. The van der Waals surface area contributed by atoms with E-state index in [0.717, 1.165) is 17.1 Å². The molecule has 6 nitrogen and oxygen atoms in total. The summed E-state index contributed by atoms with van der Waals surface area (Å²) in [6.45, 7) is 3.01. The van der Waals surface area contributed by atoms with E-state index in [-0.39, 0.29) is 11.8 Å². The monoisotopic (exact) mass is 340 g/mol. The van der Waals surface area contributed by atoms with E-state index < -0.39 is 15.9 Å². The number of ether oxygens (including phenoxy) is 2. The maximum atomic E-state index is 10.0.